The van der Waals surface area contributed by atoms with Gasteiger partial charge >= 0.3 is 0 Å². The summed E-state index contributed by atoms with van der Waals surface area (Å²) in [6, 6.07) is 0. The van der Waals surface area contributed by atoms with E-state index < -0.39 is 0 Å². The molecule has 58 valence electrons. The van der Waals surface area contributed by atoms with Gasteiger partial charge in [0.1, 0.15) is 0 Å². The number of halogens is 1. The summed E-state index contributed by atoms with van der Waals surface area (Å²) >= 11 is 0. The second-order valence-corrected chi connectivity index (χ2v) is 3.52. The fourth-order valence-corrected chi connectivity index (χ4v) is 2.02. The van der Waals surface area contributed by atoms with Crippen LogP contribution in [0.2, 0.25) is 0 Å². The highest BCUT2D eigenvalue weighted by Crippen LogP contribution is 2.35. The molecule has 2 nitrogen and oxygen atoms in total. The maximum Gasteiger partial charge on any atom is 0.0360 e. The van der Waals surface area contributed by atoms with Crippen LogP contribution in [0, 0.1) is 5.41 Å². The molecule has 1 spiro atoms. The van der Waals surface area contributed by atoms with Gasteiger partial charge in [0.2, 0.25) is 0 Å². The molecule has 3 heteroatoms. The van der Waals surface area contributed by atoms with Crippen molar-refractivity contribution in [1.29, 1.82) is 0 Å². The van der Waals surface area contributed by atoms with Crippen molar-refractivity contribution in [3.8, 4) is 0 Å². The Kier molecular flexibility index (Phi) is 1.42. The lowest BCUT2D eigenvalue weighted by Crippen LogP contribution is -2.26. The Bertz CT molecular complexity index is 132. The molecule has 0 aromatic heterocycles. The van der Waals surface area contributed by atoms with Crippen molar-refractivity contribution in [1.82, 2.24) is 10.4 Å². The Morgan fingerprint density at radius 2 is 2.30 bits per heavy atom. The summed E-state index contributed by atoms with van der Waals surface area (Å²) in [7, 11) is 0. The first-order valence-corrected chi connectivity index (χ1v) is 3.92. The van der Waals surface area contributed by atoms with Crippen molar-refractivity contribution in [2.24, 2.45) is 5.41 Å². The van der Waals surface area contributed by atoms with Crippen LogP contribution in [0.25, 0.3) is 0 Å². The Morgan fingerprint density at radius 1 is 1.40 bits per heavy atom. The minimum atomic E-state index is 0.300. The molecule has 1 atom stereocenters. The van der Waals surface area contributed by atoms with Crippen molar-refractivity contribution in [2.45, 2.75) is 12.8 Å². The molecule has 0 aromatic carbocycles. The summed E-state index contributed by atoms with van der Waals surface area (Å²) in [5.74, 6) is 0. The van der Waals surface area contributed by atoms with Crippen molar-refractivity contribution >= 4 is 0 Å². The van der Waals surface area contributed by atoms with Crippen molar-refractivity contribution in [2.75, 3.05) is 26.2 Å². The van der Waals surface area contributed by atoms with Crippen LogP contribution in [-0.4, -0.2) is 31.3 Å². The molecule has 2 aliphatic rings. The van der Waals surface area contributed by atoms with Crippen LogP contribution in [0.15, 0.2) is 0 Å². The molecule has 0 amide bonds. The third kappa shape index (κ3) is 0.935. The average Bonchev–Trinajstić information content (AvgIpc) is 2.46. The Hall–Kier alpha value is -0.150. The highest BCUT2D eigenvalue weighted by molar-refractivity contribution is 4.93. The lowest BCUT2D eigenvalue weighted by Gasteiger charge is -2.19. The summed E-state index contributed by atoms with van der Waals surface area (Å²) in [6.07, 6.45) is 2.20. The first-order valence-electron chi connectivity index (χ1n) is 3.92. The maximum atomic E-state index is 12.6. The minimum Gasteiger partial charge on any atom is -0.316 e. The van der Waals surface area contributed by atoms with E-state index >= 15 is 0 Å². The summed E-state index contributed by atoms with van der Waals surface area (Å²) in [4.78, 5) is 0. The largest absolute Gasteiger partial charge is 0.316 e. The summed E-state index contributed by atoms with van der Waals surface area (Å²) in [5.41, 5.74) is 0.300. The number of hydrogen-bond donors (Lipinski definition) is 1. The topological polar surface area (TPSA) is 15.3 Å². The molecule has 2 fully saturated rings. The van der Waals surface area contributed by atoms with E-state index in [1.165, 1.54) is 0 Å². The molecule has 2 heterocycles. The van der Waals surface area contributed by atoms with Gasteiger partial charge in [-0.3, -0.25) is 0 Å². The molecule has 2 aliphatic heterocycles. The Morgan fingerprint density at radius 3 is 2.80 bits per heavy atom. The fraction of sp³-hybridized carbons (Fsp3) is 1.00. The van der Waals surface area contributed by atoms with Gasteiger partial charge in [0.25, 0.3) is 0 Å². The molecule has 1 unspecified atom stereocenters. The third-order valence-corrected chi connectivity index (χ3v) is 2.72. The molecule has 0 aliphatic carbocycles. The third-order valence-electron chi connectivity index (χ3n) is 2.72. The lowest BCUT2D eigenvalue weighted by atomic mass is 9.87. The van der Waals surface area contributed by atoms with Crippen LogP contribution in [0.5, 0.6) is 0 Å². The maximum absolute atomic E-state index is 12.6. The standard InChI is InChI=1S/C7H13FN2/c8-10-4-2-7(6-10)1-3-9-5-7/h9H,1-6H2. The summed E-state index contributed by atoms with van der Waals surface area (Å²) in [5, 5.41) is 4.23. The van der Waals surface area contributed by atoms with Crippen LogP contribution in [0.1, 0.15) is 12.8 Å². The molecule has 2 rings (SSSR count). The molecule has 10 heavy (non-hydrogen) atoms. The van der Waals surface area contributed by atoms with E-state index in [0.717, 1.165) is 31.1 Å². The SMILES string of the molecule is FN1CCC2(CCNC2)C1. The second-order valence-electron chi connectivity index (χ2n) is 3.52. The lowest BCUT2D eigenvalue weighted by molar-refractivity contribution is 0.0432. The zero-order valence-corrected chi connectivity index (χ0v) is 6.07. The molecule has 0 aromatic rings. The molecular weight excluding hydrogens is 131 g/mol. The number of nitrogens with one attached hydrogen (secondary N) is 1. The van der Waals surface area contributed by atoms with E-state index in [1.807, 2.05) is 0 Å². The predicted molar refractivity (Wildman–Crippen MR) is 37.2 cm³/mol. The van der Waals surface area contributed by atoms with Gasteiger partial charge in [-0.05, 0) is 19.4 Å². The summed E-state index contributed by atoms with van der Waals surface area (Å²) in [6.45, 7) is 3.39. The van der Waals surface area contributed by atoms with Gasteiger partial charge < -0.3 is 5.32 Å². The van der Waals surface area contributed by atoms with E-state index in [0.29, 0.717) is 18.5 Å². The van der Waals surface area contributed by atoms with Crippen LogP contribution < -0.4 is 5.32 Å². The molecule has 2 saturated heterocycles. The van der Waals surface area contributed by atoms with Gasteiger partial charge in [0.05, 0.1) is 0 Å². The first kappa shape index (κ1) is 6.55. The highest BCUT2D eigenvalue weighted by atomic mass is 19.2. The van der Waals surface area contributed by atoms with Crippen molar-refractivity contribution in [3.05, 3.63) is 0 Å². The fourth-order valence-electron chi connectivity index (χ4n) is 2.02. The van der Waals surface area contributed by atoms with E-state index in [9.17, 15) is 4.48 Å². The second kappa shape index (κ2) is 2.17. The number of hydrogen-bond acceptors (Lipinski definition) is 2. The normalized spacial score (nSPS) is 41.7. The predicted octanol–water partition coefficient (Wildman–Crippen LogP) is 0.556. The summed E-state index contributed by atoms with van der Waals surface area (Å²) < 4.78 is 12.6. The van der Waals surface area contributed by atoms with Gasteiger partial charge in [0, 0.05) is 25.0 Å². The van der Waals surface area contributed by atoms with Crippen molar-refractivity contribution in [3.63, 3.8) is 0 Å². The van der Waals surface area contributed by atoms with Crippen LogP contribution in [-0.2, 0) is 0 Å². The minimum absolute atomic E-state index is 0.300. The van der Waals surface area contributed by atoms with E-state index in [-0.39, 0.29) is 0 Å². The van der Waals surface area contributed by atoms with Crippen molar-refractivity contribution < 1.29 is 4.48 Å². The highest BCUT2D eigenvalue weighted by Gasteiger charge is 2.40. The van der Waals surface area contributed by atoms with Gasteiger partial charge in [-0.2, -0.15) is 0 Å². The van der Waals surface area contributed by atoms with Gasteiger partial charge in [-0.25, -0.2) is 0 Å². The van der Waals surface area contributed by atoms with Crippen LogP contribution in [0.4, 0.5) is 4.48 Å². The zero-order chi connectivity index (χ0) is 7.03. The average molecular weight is 144 g/mol. The number of nitrogens with zero attached hydrogens (tertiary/aromatic N) is 1. The molecule has 0 saturated carbocycles. The van der Waals surface area contributed by atoms with E-state index in [1.54, 1.807) is 0 Å². The van der Waals surface area contributed by atoms with Gasteiger partial charge in [-0.15, -0.1) is 9.60 Å². The molecular formula is C7H13FN2. The van der Waals surface area contributed by atoms with Gasteiger partial charge in [-0.1, -0.05) is 0 Å². The van der Waals surface area contributed by atoms with E-state index in [4.69, 9.17) is 0 Å². The number of rotatable bonds is 0. The first-order chi connectivity index (χ1) is 4.81. The van der Waals surface area contributed by atoms with Crippen LogP contribution >= 0.6 is 0 Å². The zero-order valence-electron chi connectivity index (χ0n) is 6.07. The smallest absolute Gasteiger partial charge is 0.0360 e. The Labute approximate surface area is 60.3 Å². The molecule has 1 N–H and O–H groups in total. The van der Waals surface area contributed by atoms with Gasteiger partial charge in [0.15, 0.2) is 0 Å². The molecule has 0 radical (unpaired) electrons. The quantitative estimate of drug-likeness (QED) is 0.500. The monoisotopic (exact) mass is 144 g/mol. The molecule has 0 bridgehead atoms. The van der Waals surface area contributed by atoms with E-state index in [2.05, 4.69) is 5.32 Å². The van der Waals surface area contributed by atoms with Crippen LogP contribution in [0.3, 0.4) is 0 Å². The Balaban J connectivity index is 2.03.